The van der Waals surface area contributed by atoms with Gasteiger partial charge < -0.3 is 15.2 Å². The number of benzene rings is 2. The van der Waals surface area contributed by atoms with Gasteiger partial charge >= 0.3 is 0 Å². The number of phenolic OH excluding ortho intramolecular Hbond substituents is 1. The minimum Gasteiger partial charge on any atom is -0.506 e. The molecule has 1 atom stereocenters. The first kappa shape index (κ1) is 17.8. The lowest BCUT2D eigenvalue weighted by Crippen LogP contribution is -2.13. The Kier molecular flexibility index (Phi) is 6.07. The van der Waals surface area contributed by atoms with Gasteiger partial charge in [-0.25, -0.2) is 0 Å². The summed E-state index contributed by atoms with van der Waals surface area (Å²) in [5, 5.41) is 12.5. The molecule has 0 aliphatic heterocycles. The average molecular weight is 443 g/mol. The number of aromatic hydroxyl groups is 1. The highest BCUT2D eigenvalue weighted by atomic mass is 79.9. The minimum atomic E-state index is -0.246. The number of hydrogen-bond acceptors (Lipinski definition) is 3. The SMILES string of the molecule is CC[C@H](C)Oc1cccc(C(=O)Nc2cc(Br)c(O)c(Br)c2)c1. The van der Waals surface area contributed by atoms with Gasteiger partial charge in [0.05, 0.1) is 15.0 Å². The molecule has 0 aliphatic carbocycles. The molecule has 2 N–H and O–H groups in total. The summed E-state index contributed by atoms with van der Waals surface area (Å²) in [6.07, 6.45) is 0.990. The number of amides is 1. The van der Waals surface area contributed by atoms with Gasteiger partial charge in [-0.15, -0.1) is 0 Å². The number of phenols is 1. The van der Waals surface area contributed by atoms with Crippen molar-refractivity contribution in [2.75, 3.05) is 5.32 Å². The molecule has 6 heteroatoms. The minimum absolute atomic E-state index is 0.0898. The summed E-state index contributed by atoms with van der Waals surface area (Å²) in [4.78, 5) is 12.4. The summed E-state index contributed by atoms with van der Waals surface area (Å²) in [5.74, 6) is 0.510. The fraction of sp³-hybridized carbons (Fsp3) is 0.235. The lowest BCUT2D eigenvalue weighted by Gasteiger charge is -2.13. The van der Waals surface area contributed by atoms with Gasteiger partial charge in [0, 0.05) is 11.3 Å². The van der Waals surface area contributed by atoms with E-state index in [1.165, 1.54) is 0 Å². The first-order valence-corrected chi connectivity index (χ1v) is 8.75. The Morgan fingerprint density at radius 2 is 1.91 bits per heavy atom. The third-order valence-corrected chi connectivity index (χ3v) is 4.49. The predicted octanol–water partition coefficient (Wildman–Crippen LogP) is 5.35. The van der Waals surface area contributed by atoms with Crippen molar-refractivity contribution in [1.82, 2.24) is 0 Å². The van der Waals surface area contributed by atoms with Crippen LogP contribution in [0.25, 0.3) is 0 Å². The molecule has 0 saturated heterocycles. The second kappa shape index (κ2) is 7.84. The highest BCUT2D eigenvalue weighted by Gasteiger charge is 2.11. The molecule has 0 heterocycles. The number of ether oxygens (including phenoxy) is 1. The Labute approximate surface area is 152 Å². The van der Waals surface area contributed by atoms with Crippen LogP contribution in [0.15, 0.2) is 45.3 Å². The number of carbonyl (C=O) groups is 1. The Hall–Kier alpha value is -1.53. The molecule has 0 spiro atoms. The number of hydrogen-bond donors (Lipinski definition) is 2. The van der Waals surface area contributed by atoms with Crippen LogP contribution in [0.5, 0.6) is 11.5 Å². The van der Waals surface area contributed by atoms with Gasteiger partial charge in [-0.3, -0.25) is 4.79 Å². The number of halogens is 2. The van der Waals surface area contributed by atoms with Crippen LogP contribution < -0.4 is 10.1 Å². The molecular formula is C17H17Br2NO3. The molecular weight excluding hydrogens is 426 g/mol. The molecule has 0 saturated carbocycles. The summed E-state index contributed by atoms with van der Waals surface area (Å²) < 4.78 is 6.72. The molecule has 23 heavy (non-hydrogen) atoms. The van der Waals surface area contributed by atoms with Crippen molar-refractivity contribution in [2.24, 2.45) is 0 Å². The fourth-order valence-corrected chi connectivity index (χ4v) is 3.05. The lowest BCUT2D eigenvalue weighted by atomic mass is 10.2. The van der Waals surface area contributed by atoms with Crippen LogP contribution >= 0.6 is 31.9 Å². The third-order valence-electron chi connectivity index (χ3n) is 3.28. The van der Waals surface area contributed by atoms with Crippen molar-refractivity contribution in [1.29, 1.82) is 0 Å². The van der Waals surface area contributed by atoms with Crippen molar-refractivity contribution in [3.05, 3.63) is 50.9 Å². The molecule has 2 aromatic carbocycles. The second-order valence-electron chi connectivity index (χ2n) is 5.11. The zero-order valence-corrected chi connectivity index (χ0v) is 15.9. The van der Waals surface area contributed by atoms with Crippen LogP contribution in [-0.2, 0) is 0 Å². The maximum Gasteiger partial charge on any atom is 0.255 e. The Balaban J connectivity index is 2.16. The van der Waals surface area contributed by atoms with Crippen LogP contribution in [0.1, 0.15) is 30.6 Å². The predicted molar refractivity (Wildman–Crippen MR) is 98.3 cm³/mol. The first-order valence-electron chi connectivity index (χ1n) is 7.16. The molecule has 0 bridgehead atoms. The molecule has 2 rings (SSSR count). The van der Waals surface area contributed by atoms with Crippen molar-refractivity contribution >= 4 is 43.5 Å². The van der Waals surface area contributed by atoms with Crippen molar-refractivity contribution in [3.8, 4) is 11.5 Å². The van der Waals surface area contributed by atoms with E-state index in [2.05, 4.69) is 37.2 Å². The van der Waals surface area contributed by atoms with Gasteiger partial charge in [0.2, 0.25) is 0 Å². The van der Waals surface area contributed by atoms with Gasteiger partial charge in [0.1, 0.15) is 11.5 Å². The maximum absolute atomic E-state index is 12.4. The normalized spacial score (nSPS) is 11.8. The van der Waals surface area contributed by atoms with E-state index in [1.54, 1.807) is 30.3 Å². The molecule has 2 aromatic rings. The molecule has 0 unspecified atom stereocenters. The van der Waals surface area contributed by atoms with Gasteiger partial charge in [0.25, 0.3) is 5.91 Å². The fourth-order valence-electron chi connectivity index (χ4n) is 1.87. The van der Waals surface area contributed by atoms with Crippen LogP contribution in [-0.4, -0.2) is 17.1 Å². The van der Waals surface area contributed by atoms with Crippen LogP contribution in [0.4, 0.5) is 5.69 Å². The van der Waals surface area contributed by atoms with Gasteiger partial charge in [-0.1, -0.05) is 13.0 Å². The standard InChI is InChI=1S/C17H17Br2NO3/c1-3-10(2)23-13-6-4-5-11(7-13)17(22)20-12-8-14(18)16(21)15(19)9-12/h4-10,21H,3H2,1-2H3,(H,20,22)/t10-/m0/s1. The van der Waals surface area contributed by atoms with E-state index in [9.17, 15) is 9.90 Å². The molecule has 4 nitrogen and oxygen atoms in total. The third kappa shape index (κ3) is 4.72. The number of rotatable bonds is 5. The molecule has 1 amide bonds. The molecule has 0 aromatic heterocycles. The smallest absolute Gasteiger partial charge is 0.255 e. The van der Waals surface area contributed by atoms with E-state index in [1.807, 2.05) is 19.9 Å². The van der Waals surface area contributed by atoms with Crippen LogP contribution in [0, 0.1) is 0 Å². The summed E-state index contributed by atoms with van der Waals surface area (Å²) in [6, 6.07) is 10.3. The maximum atomic E-state index is 12.4. The zero-order chi connectivity index (χ0) is 17.0. The lowest BCUT2D eigenvalue weighted by molar-refractivity contribution is 0.102. The number of carbonyl (C=O) groups excluding carboxylic acids is 1. The quantitative estimate of drug-likeness (QED) is 0.613. The van der Waals surface area contributed by atoms with E-state index in [0.717, 1.165) is 6.42 Å². The Bertz CT molecular complexity index is 696. The van der Waals surface area contributed by atoms with E-state index < -0.39 is 0 Å². The topological polar surface area (TPSA) is 58.6 Å². The van der Waals surface area contributed by atoms with Crippen LogP contribution in [0.3, 0.4) is 0 Å². The van der Waals surface area contributed by atoms with Gasteiger partial charge in [0.15, 0.2) is 0 Å². The van der Waals surface area contributed by atoms with Crippen molar-refractivity contribution in [2.45, 2.75) is 26.4 Å². The van der Waals surface area contributed by atoms with Crippen LogP contribution in [0.2, 0.25) is 0 Å². The van der Waals surface area contributed by atoms with E-state index in [0.29, 0.717) is 25.9 Å². The molecule has 0 aliphatic rings. The summed E-state index contributed by atoms with van der Waals surface area (Å²) >= 11 is 6.48. The Morgan fingerprint density at radius 3 is 2.52 bits per heavy atom. The highest BCUT2D eigenvalue weighted by molar-refractivity contribution is 9.11. The largest absolute Gasteiger partial charge is 0.506 e. The van der Waals surface area contributed by atoms with Gasteiger partial charge in [-0.2, -0.15) is 0 Å². The molecule has 122 valence electrons. The Morgan fingerprint density at radius 1 is 1.26 bits per heavy atom. The number of anilines is 1. The average Bonchev–Trinajstić information content (AvgIpc) is 2.52. The number of nitrogens with one attached hydrogen (secondary N) is 1. The van der Waals surface area contributed by atoms with Crippen molar-refractivity contribution < 1.29 is 14.6 Å². The molecule has 0 fully saturated rings. The first-order chi connectivity index (χ1) is 10.9. The van der Waals surface area contributed by atoms with E-state index >= 15 is 0 Å². The highest BCUT2D eigenvalue weighted by Crippen LogP contribution is 2.35. The summed E-state index contributed by atoms with van der Waals surface area (Å²) in [7, 11) is 0. The monoisotopic (exact) mass is 441 g/mol. The van der Waals surface area contributed by atoms with E-state index in [4.69, 9.17) is 4.74 Å². The zero-order valence-electron chi connectivity index (χ0n) is 12.8. The van der Waals surface area contributed by atoms with E-state index in [-0.39, 0.29) is 17.8 Å². The second-order valence-corrected chi connectivity index (χ2v) is 6.82. The summed E-state index contributed by atoms with van der Waals surface area (Å²) in [5.41, 5.74) is 1.07. The summed E-state index contributed by atoms with van der Waals surface area (Å²) in [6.45, 7) is 4.03. The van der Waals surface area contributed by atoms with Gasteiger partial charge in [-0.05, 0) is 75.5 Å². The van der Waals surface area contributed by atoms with Crippen molar-refractivity contribution in [3.63, 3.8) is 0 Å². The molecule has 0 radical (unpaired) electrons.